The van der Waals surface area contributed by atoms with Gasteiger partial charge in [-0.25, -0.2) is 4.79 Å². The van der Waals surface area contributed by atoms with Crippen LogP contribution in [0.1, 0.15) is 73.7 Å². The number of benzene rings is 2. The Bertz CT molecular complexity index is 743. The Morgan fingerprint density at radius 2 is 1.59 bits per heavy atom. The molecule has 0 atom stereocenters. The molecule has 1 aliphatic heterocycles. The van der Waals surface area contributed by atoms with Crippen molar-refractivity contribution in [1.82, 2.24) is 0 Å². The first kappa shape index (κ1) is 21.5. The predicted molar refractivity (Wildman–Crippen MR) is 114 cm³/mol. The Morgan fingerprint density at radius 1 is 0.931 bits per heavy atom. The number of esters is 1. The van der Waals surface area contributed by atoms with Crippen molar-refractivity contribution in [2.75, 3.05) is 13.2 Å². The zero-order chi connectivity index (χ0) is 20.5. The molecule has 0 aromatic heterocycles. The maximum atomic E-state index is 12.4. The zero-order valence-electron chi connectivity index (χ0n) is 17.6. The van der Waals surface area contributed by atoms with Gasteiger partial charge >= 0.3 is 5.97 Å². The second kappa shape index (κ2) is 11.1. The lowest BCUT2D eigenvalue weighted by molar-refractivity contribution is -0.206. The van der Waals surface area contributed by atoms with E-state index in [2.05, 4.69) is 13.8 Å². The van der Waals surface area contributed by atoms with E-state index in [1.54, 1.807) is 12.1 Å². The third-order valence-corrected chi connectivity index (χ3v) is 5.30. The number of carbonyl (C=O) groups excluding carboxylic acids is 1. The highest BCUT2D eigenvalue weighted by Gasteiger charge is 2.23. The van der Waals surface area contributed by atoms with E-state index in [1.807, 2.05) is 36.4 Å². The third-order valence-electron chi connectivity index (χ3n) is 5.30. The van der Waals surface area contributed by atoms with Crippen molar-refractivity contribution in [3.05, 3.63) is 65.2 Å². The Kier molecular flexibility index (Phi) is 8.26. The van der Waals surface area contributed by atoms with Gasteiger partial charge < -0.3 is 14.2 Å². The van der Waals surface area contributed by atoms with Crippen LogP contribution in [0.25, 0.3) is 0 Å². The fraction of sp³-hybridized carbons (Fsp3) is 0.480. The normalized spacial score (nSPS) is 19.1. The summed E-state index contributed by atoms with van der Waals surface area (Å²) >= 11 is 0. The van der Waals surface area contributed by atoms with E-state index in [4.69, 9.17) is 14.2 Å². The van der Waals surface area contributed by atoms with E-state index >= 15 is 0 Å². The van der Waals surface area contributed by atoms with Gasteiger partial charge in [-0.2, -0.15) is 0 Å². The maximum Gasteiger partial charge on any atom is 0.343 e. The summed E-state index contributed by atoms with van der Waals surface area (Å²) in [5.41, 5.74) is 2.75. The highest BCUT2D eigenvalue weighted by atomic mass is 16.7. The van der Waals surface area contributed by atoms with Crippen LogP contribution >= 0.6 is 0 Å². The molecule has 0 N–H and O–H groups in total. The van der Waals surface area contributed by atoms with Gasteiger partial charge in [-0.3, -0.25) is 0 Å². The van der Waals surface area contributed by atoms with Crippen LogP contribution in [-0.4, -0.2) is 19.2 Å². The topological polar surface area (TPSA) is 44.8 Å². The van der Waals surface area contributed by atoms with E-state index in [-0.39, 0.29) is 12.3 Å². The van der Waals surface area contributed by atoms with Gasteiger partial charge in [-0.1, -0.05) is 57.4 Å². The summed E-state index contributed by atoms with van der Waals surface area (Å²) in [6, 6.07) is 15.0. The molecule has 0 unspecified atom stereocenters. The molecule has 1 fully saturated rings. The molecule has 4 nitrogen and oxygen atoms in total. The van der Waals surface area contributed by atoms with E-state index in [9.17, 15) is 4.79 Å². The molecule has 0 bridgehead atoms. The van der Waals surface area contributed by atoms with Gasteiger partial charge in [-0.05, 0) is 49.1 Å². The number of ether oxygens (including phenoxy) is 3. The lowest BCUT2D eigenvalue weighted by Crippen LogP contribution is -2.27. The fourth-order valence-electron chi connectivity index (χ4n) is 3.44. The summed E-state index contributed by atoms with van der Waals surface area (Å²) in [6.45, 7) is 5.84. The summed E-state index contributed by atoms with van der Waals surface area (Å²) in [5, 5.41) is 0. The quantitative estimate of drug-likeness (QED) is 0.379. The molecule has 29 heavy (non-hydrogen) atoms. The minimum atomic E-state index is -0.344. The van der Waals surface area contributed by atoms with Crippen LogP contribution in [0.5, 0.6) is 5.75 Å². The molecule has 0 amide bonds. The minimum absolute atomic E-state index is 0.340. The monoisotopic (exact) mass is 396 g/mol. The van der Waals surface area contributed by atoms with Crippen molar-refractivity contribution >= 4 is 5.97 Å². The van der Waals surface area contributed by atoms with Crippen molar-refractivity contribution in [2.24, 2.45) is 5.92 Å². The van der Waals surface area contributed by atoms with Gasteiger partial charge in [0.1, 0.15) is 5.75 Å². The molecule has 3 rings (SSSR count). The molecule has 1 aliphatic rings. The largest absolute Gasteiger partial charge is 0.423 e. The Morgan fingerprint density at radius 3 is 2.21 bits per heavy atom. The highest BCUT2D eigenvalue weighted by molar-refractivity contribution is 5.91. The molecular weight excluding hydrogens is 364 g/mol. The first-order valence-electron chi connectivity index (χ1n) is 10.8. The molecule has 0 spiro atoms. The number of unbranched alkanes of at least 4 members (excludes halogenated alkanes) is 2. The van der Waals surface area contributed by atoms with E-state index in [0.717, 1.165) is 44.5 Å². The van der Waals surface area contributed by atoms with Gasteiger partial charge in [0.2, 0.25) is 0 Å². The number of aryl methyl sites for hydroxylation is 1. The molecule has 4 heteroatoms. The van der Waals surface area contributed by atoms with Gasteiger partial charge in [0.05, 0.1) is 18.8 Å². The van der Waals surface area contributed by atoms with Crippen molar-refractivity contribution in [3.63, 3.8) is 0 Å². The molecule has 0 aliphatic carbocycles. The summed E-state index contributed by atoms with van der Waals surface area (Å²) in [4.78, 5) is 12.4. The van der Waals surface area contributed by atoms with Crippen LogP contribution in [0.4, 0.5) is 0 Å². The Balaban J connectivity index is 1.51. The van der Waals surface area contributed by atoms with E-state index in [1.165, 1.54) is 18.4 Å². The Hall–Kier alpha value is -2.17. The summed E-state index contributed by atoms with van der Waals surface area (Å²) < 4.78 is 17.3. The van der Waals surface area contributed by atoms with Crippen LogP contribution in [0.2, 0.25) is 0 Å². The van der Waals surface area contributed by atoms with Gasteiger partial charge in [0, 0.05) is 11.5 Å². The number of hydrogen-bond acceptors (Lipinski definition) is 4. The SMILES string of the molecule is CCCCc1ccc(C(=O)Oc2ccc(C3OCC(CCCC)CO3)cc2)cc1. The standard InChI is InChI=1S/C25H32O4/c1-3-5-7-19-9-11-21(12-10-19)24(26)29-23-15-13-22(14-16-23)25-27-17-20(18-28-25)8-6-4-2/h9-16,20,25H,3-8,17-18H2,1-2H3. The second-order valence-electron chi connectivity index (χ2n) is 7.77. The summed E-state index contributed by atoms with van der Waals surface area (Å²) in [7, 11) is 0. The van der Waals surface area contributed by atoms with E-state index < -0.39 is 0 Å². The molecule has 2 aromatic carbocycles. The van der Waals surface area contributed by atoms with Gasteiger partial charge in [0.15, 0.2) is 6.29 Å². The first-order valence-corrected chi connectivity index (χ1v) is 10.8. The lowest BCUT2D eigenvalue weighted by Gasteiger charge is -2.29. The summed E-state index contributed by atoms with van der Waals surface area (Å²) in [5.74, 6) is 0.661. The highest BCUT2D eigenvalue weighted by Crippen LogP contribution is 2.28. The van der Waals surface area contributed by atoms with Crippen molar-refractivity contribution < 1.29 is 19.0 Å². The van der Waals surface area contributed by atoms with Crippen molar-refractivity contribution in [3.8, 4) is 5.75 Å². The predicted octanol–water partition coefficient (Wildman–Crippen LogP) is 6.10. The second-order valence-corrected chi connectivity index (χ2v) is 7.77. The number of carbonyl (C=O) groups is 1. The third kappa shape index (κ3) is 6.41. The first-order chi connectivity index (χ1) is 14.2. The summed E-state index contributed by atoms with van der Waals surface area (Å²) in [6.07, 6.45) is 6.58. The fourth-order valence-corrected chi connectivity index (χ4v) is 3.44. The molecular formula is C25H32O4. The van der Waals surface area contributed by atoms with Crippen molar-refractivity contribution in [2.45, 2.75) is 58.7 Å². The maximum absolute atomic E-state index is 12.4. The number of rotatable bonds is 9. The molecule has 156 valence electrons. The zero-order valence-corrected chi connectivity index (χ0v) is 17.6. The average Bonchev–Trinajstić information content (AvgIpc) is 2.77. The van der Waals surface area contributed by atoms with Crippen LogP contribution in [0.3, 0.4) is 0 Å². The molecule has 2 aromatic rings. The van der Waals surface area contributed by atoms with Crippen molar-refractivity contribution in [1.29, 1.82) is 0 Å². The van der Waals surface area contributed by atoms with Crippen LogP contribution in [-0.2, 0) is 15.9 Å². The number of hydrogen-bond donors (Lipinski definition) is 0. The van der Waals surface area contributed by atoms with Gasteiger partial charge in [-0.15, -0.1) is 0 Å². The van der Waals surface area contributed by atoms with Crippen LogP contribution < -0.4 is 4.74 Å². The Labute approximate surface area is 174 Å². The smallest absolute Gasteiger partial charge is 0.343 e. The van der Waals surface area contributed by atoms with Crippen LogP contribution in [0.15, 0.2) is 48.5 Å². The van der Waals surface area contributed by atoms with Gasteiger partial charge in [0.25, 0.3) is 0 Å². The molecule has 0 saturated carbocycles. The molecule has 1 saturated heterocycles. The van der Waals surface area contributed by atoms with Crippen LogP contribution in [0, 0.1) is 5.92 Å². The average molecular weight is 397 g/mol. The minimum Gasteiger partial charge on any atom is -0.423 e. The molecule has 1 heterocycles. The van der Waals surface area contributed by atoms with E-state index in [0.29, 0.717) is 17.2 Å². The lowest BCUT2D eigenvalue weighted by atomic mass is 10.0. The molecule has 0 radical (unpaired) electrons.